The van der Waals surface area contributed by atoms with E-state index in [1.165, 1.54) is 0 Å². The topological polar surface area (TPSA) is 119 Å². The van der Waals surface area contributed by atoms with E-state index in [1.807, 2.05) is 19.9 Å². The second-order valence-electron chi connectivity index (χ2n) is 7.29. The Labute approximate surface area is 182 Å². The third kappa shape index (κ3) is 4.22. The van der Waals surface area contributed by atoms with Crippen molar-refractivity contribution < 1.29 is 9.32 Å². The summed E-state index contributed by atoms with van der Waals surface area (Å²) >= 11 is 5.98. The number of nitrogens with one attached hydrogen (secondary N) is 2. The van der Waals surface area contributed by atoms with Gasteiger partial charge in [-0.1, -0.05) is 28.9 Å². The van der Waals surface area contributed by atoms with Gasteiger partial charge in [-0.25, -0.2) is 0 Å². The van der Waals surface area contributed by atoms with E-state index in [-0.39, 0.29) is 30.3 Å². The van der Waals surface area contributed by atoms with Crippen LogP contribution < -0.4 is 10.9 Å². The van der Waals surface area contributed by atoms with Crippen LogP contribution >= 0.6 is 11.6 Å². The summed E-state index contributed by atoms with van der Waals surface area (Å²) in [5.41, 5.74) is 3.47. The molecular weight excluding hydrogens is 420 g/mol. The van der Waals surface area contributed by atoms with Gasteiger partial charge in [-0.2, -0.15) is 10.1 Å². The van der Waals surface area contributed by atoms with Gasteiger partial charge in [0.1, 0.15) is 5.65 Å². The van der Waals surface area contributed by atoms with E-state index in [1.54, 1.807) is 29.9 Å². The lowest BCUT2D eigenvalue weighted by Gasteiger charge is -2.07. The molecule has 4 rings (SSSR count). The van der Waals surface area contributed by atoms with Gasteiger partial charge in [-0.05, 0) is 38.0 Å². The van der Waals surface area contributed by atoms with Crippen molar-refractivity contribution in [2.75, 3.05) is 0 Å². The fourth-order valence-corrected chi connectivity index (χ4v) is 3.82. The molecule has 1 aromatic carbocycles. The number of fused-ring (bicyclic) bond motifs is 1. The summed E-state index contributed by atoms with van der Waals surface area (Å²) < 4.78 is 6.84. The normalized spacial score (nSPS) is 11.2. The Hall–Kier alpha value is -3.46. The number of amides is 1. The highest BCUT2D eigenvalue weighted by Gasteiger charge is 2.16. The molecule has 0 aliphatic rings. The number of aryl methyl sites for hydroxylation is 3. The Morgan fingerprint density at radius 1 is 1.32 bits per heavy atom. The van der Waals surface area contributed by atoms with Crippen molar-refractivity contribution in [3.63, 3.8) is 0 Å². The molecule has 0 aliphatic heterocycles. The number of rotatable bonds is 6. The van der Waals surface area contributed by atoms with E-state index in [0.717, 1.165) is 22.2 Å². The molecular formula is C21H21ClN6O3. The molecule has 9 nitrogen and oxygen atoms in total. The lowest BCUT2D eigenvalue weighted by molar-refractivity contribution is -0.121. The number of aromatic amines is 1. The number of pyridine rings is 1. The number of benzene rings is 1. The molecule has 3 aromatic heterocycles. The zero-order valence-corrected chi connectivity index (χ0v) is 18.1. The largest absolute Gasteiger partial charge is 0.347 e. The van der Waals surface area contributed by atoms with Gasteiger partial charge < -0.3 is 14.8 Å². The second-order valence-corrected chi connectivity index (χ2v) is 7.73. The monoisotopic (exact) mass is 440 g/mol. The van der Waals surface area contributed by atoms with E-state index >= 15 is 0 Å². The SMILES string of the molecule is Cc1nn(C)c2[nH]c(=O)c(CCC(=O)NCc3nc(-c4cccc(Cl)c4)no3)c(C)c12. The first kappa shape index (κ1) is 20.8. The van der Waals surface area contributed by atoms with Crippen LogP contribution in [0.2, 0.25) is 5.02 Å². The minimum absolute atomic E-state index is 0.0997. The highest BCUT2D eigenvalue weighted by Crippen LogP contribution is 2.22. The summed E-state index contributed by atoms with van der Waals surface area (Å²) in [6.07, 6.45) is 0.471. The van der Waals surface area contributed by atoms with Gasteiger partial charge in [0.25, 0.3) is 5.56 Å². The Bertz CT molecular complexity index is 1340. The molecule has 0 atom stereocenters. The Morgan fingerprint density at radius 3 is 2.90 bits per heavy atom. The molecule has 0 unspecified atom stereocenters. The molecule has 4 aromatic rings. The number of aromatic nitrogens is 5. The molecule has 0 spiro atoms. The Kier molecular flexibility index (Phi) is 5.60. The van der Waals surface area contributed by atoms with Crippen molar-refractivity contribution in [2.45, 2.75) is 33.2 Å². The van der Waals surface area contributed by atoms with Crippen LogP contribution in [0.15, 0.2) is 33.6 Å². The first-order valence-electron chi connectivity index (χ1n) is 9.73. The zero-order chi connectivity index (χ0) is 22.1. The van der Waals surface area contributed by atoms with Crippen LogP contribution in [0.3, 0.4) is 0 Å². The molecule has 3 heterocycles. The third-order valence-electron chi connectivity index (χ3n) is 5.15. The average molecular weight is 441 g/mol. The molecule has 2 N–H and O–H groups in total. The smallest absolute Gasteiger partial charge is 0.253 e. The van der Waals surface area contributed by atoms with Crippen molar-refractivity contribution in [1.82, 2.24) is 30.2 Å². The summed E-state index contributed by atoms with van der Waals surface area (Å²) in [6, 6.07) is 7.10. The average Bonchev–Trinajstić information content (AvgIpc) is 3.31. The number of H-pyrrole nitrogens is 1. The molecule has 31 heavy (non-hydrogen) atoms. The molecule has 0 fully saturated rings. The van der Waals surface area contributed by atoms with Crippen LogP contribution in [0.25, 0.3) is 22.4 Å². The molecule has 160 valence electrons. The maximum atomic E-state index is 12.5. The van der Waals surface area contributed by atoms with Gasteiger partial charge in [0.05, 0.1) is 12.2 Å². The van der Waals surface area contributed by atoms with E-state index < -0.39 is 0 Å². The fraction of sp³-hybridized carbons (Fsp3) is 0.286. The predicted octanol–water partition coefficient (Wildman–Crippen LogP) is 2.83. The zero-order valence-electron chi connectivity index (χ0n) is 17.3. The van der Waals surface area contributed by atoms with Crippen LogP contribution in [0, 0.1) is 13.8 Å². The summed E-state index contributed by atoms with van der Waals surface area (Å²) in [4.78, 5) is 32.0. The first-order valence-corrected chi connectivity index (χ1v) is 10.1. The van der Waals surface area contributed by atoms with Crippen LogP contribution in [-0.2, 0) is 24.8 Å². The molecule has 0 saturated heterocycles. The summed E-state index contributed by atoms with van der Waals surface area (Å²) in [5.74, 6) is 0.461. The van der Waals surface area contributed by atoms with Crippen LogP contribution in [0.4, 0.5) is 0 Å². The lowest BCUT2D eigenvalue weighted by atomic mass is 10.0. The number of carbonyl (C=O) groups is 1. The molecule has 0 radical (unpaired) electrons. The van der Waals surface area contributed by atoms with Gasteiger partial charge >= 0.3 is 0 Å². The molecule has 10 heteroatoms. The van der Waals surface area contributed by atoms with Crippen LogP contribution in [0.1, 0.15) is 29.1 Å². The van der Waals surface area contributed by atoms with Crippen LogP contribution in [0.5, 0.6) is 0 Å². The fourth-order valence-electron chi connectivity index (χ4n) is 3.63. The number of carbonyl (C=O) groups excluding carboxylic acids is 1. The van der Waals surface area contributed by atoms with Crippen molar-refractivity contribution in [1.29, 1.82) is 0 Å². The van der Waals surface area contributed by atoms with Gasteiger partial charge in [0.15, 0.2) is 0 Å². The highest BCUT2D eigenvalue weighted by atomic mass is 35.5. The standard InChI is InChI=1S/C21H21ClN6O3/c1-11-15(21(30)25-20-18(11)12(2)26-28(20)3)7-8-16(29)23-10-17-24-19(27-31-17)13-5-4-6-14(22)9-13/h4-6,9H,7-8,10H2,1-3H3,(H,23,29)(H,25,30). The van der Waals surface area contributed by atoms with Crippen molar-refractivity contribution in [2.24, 2.45) is 7.05 Å². The van der Waals surface area contributed by atoms with Gasteiger partial charge in [0, 0.05) is 35.0 Å². The van der Waals surface area contributed by atoms with E-state index in [4.69, 9.17) is 16.1 Å². The second kappa shape index (κ2) is 8.35. The maximum absolute atomic E-state index is 12.5. The van der Waals surface area contributed by atoms with Crippen molar-refractivity contribution >= 4 is 28.5 Å². The van der Waals surface area contributed by atoms with Crippen molar-refractivity contribution in [3.05, 3.63) is 62.4 Å². The summed E-state index contributed by atoms with van der Waals surface area (Å²) in [7, 11) is 1.78. The van der Waals surface area contributed by atoms with Gasteiger partial charge in [-0.3, -0.25) is 14.3 Å². The number of hydrogen-bond acceptors (Lipinski definition) is 6. The lowest BCUT2D eigenvalue weighted by Crippen LogP contribution is -2.25. The first-order chi connectivity index (χ1) is 14.8. The minimum Gasteiger partial charge on any atom is -0.347 e. The van der Waals surface area contributed by atoms with E-state index in [2.05, 4.69) is 25.5 Å². The summed E-state index contributed by atoms with van der Waals surface area (Å²) in [5, 5.41) is 12.5. The third-order valence-corrected chi connectivity index (χ3v) is 5.38. The van der Waals surface area contributed by atoms with Crippen LogP contribution in [-0.4, -0.2) is 30.8 Å². The summed E-state index contributed by atoms with van der Waals surface area (Å²) in [6.45, 7) is 3.88. The molecule has 1 amide bonds. The minimum atomic E-state index is -0.218. The quantitative estimate of drug-likeness (QED) is 0.476. The Morgan fingerprint density at radius 2 is 2.13 bits per heavy atom. The number of hydrogen-bond donors (Lipinski definition) is 2. The van der Waals surface area contributed by atoms with E-state index in [9.17, 15) is 9.59 Å². The highest BCUT2D eigenvalue weighted by molar-refractivity contribution is 6.30. The number of nitrogens with zero attached hydrogens (tertiary/aromatic N) is 4. The van der Waals surface area contributed by atoms with Crippen molar-refractivity contribution in [3.8, 4) is 11.4 Å². The van der Waals surface area contributed by atoms with Gasteiger partial charge in [-0.15, -0.1) is 0 Å². The van der Waals surface area contributed by atoms with E-state index in [0.29, 0.717) is 28.5 Å². The molecule has 0 saturated carbocycles. The predicted molar refractivity (Wildman–Crippen MR) is 116 cm³/mol. The maximum Gasteiger partial charge on any atom is 0.253 e. The van der Waals surface area contributed by atoms with Gasteiger partial charge in [0.2, 0.25) is 17.6 Å². The molecule has 0 bridgehead atoms. The molecule has 0 aliphatic carbocycles. The number of halogens is 1. The Balaban J connectivity index is 1.39.